The fourth-order valence-electron chi connectivity index (χ4n) is 5.93. The van der Waals surface area contributed by atoms with Gasteiger partial charge in [-0.1, -0.05) is 73.5 Å². The van der Waals surface area contributed by atoms with Crippen LogP contribution in [0.3, 0.4) is 0 Å². The summed E-state index contributed by atoms with van der Waals surface area (Å²) in [6.07, 6.45) is 5.07. The Morgan fingerprint density at radius 2 is 1.77 bits per heavy atom. The first-order valence-electron chi connectivity index (χ1n) is 14.0. The van der Waals surface area contributed by atoms with Crippen LogP contribution in [0.5, 0.6) is 0 Å². The number of benzene rings is 3. The van der Waals surface area contributed by atoms with Crippen molar-refractivity contribution in [2.45, 2.75) is 57.7 Å². The third kappa shape index (κ3) is 5.45. The second-order valence-corrected chi connectivity index (χ2v) is 10.7. The molecule has 0 aliphatic heterocycles. The van der Waals surface area contributed by atoms with Crippen LogP contribution >= 0.6 is 0 Å². The summed E-state index contributed by atoms with van der Waals surface area (Å²) in [7, 11) is 0. The fraction of sp³-hybridized carbons (Fsp3) is 0.312. The maximum atomic E-state index is 13.8. The van der Waals surface area contributed by atoms with Gasteiger partial charge in [-0.15, -0.1) is 5.10 Å². The van der Waals surface area contributed by atoms with Gasteiger partial charge in [0.2, 0.25) is 0 Å². The summed E-state index contributed by atoms with van der Waals surface area (Å²) in [4.78, 5) is 19.2. The summed E-state index contributed by atoms with van der Waals surface area (Å²) < 4.78 is 15.8. The van der Waals surface area contributed by atoms with Crippen molar-refractivity contribution >= 4 is 10.9 Å². The Morgan fingerprint density at radius 1 is 1.00 bits per heavy atom. The van der Waals surface area contributed by atoms with Gasteiger partial charge >= 0.3 is 0 Å². The molecule has 5 aromatic rings. The topological polar surface area (TPSA) is 79.7 Å². The molecular weight excluding hydrogens is 503 g/mol. The maximum Gasteiger partial charge on any atom is 0.253 e. The first kappa shape index (κ1) is 26.1. The van der Waals surface area contributed by atoms with Gasteiger partial charge in [-0.3, -0.25) is 9.69 Å². The molecule has 2 aromatic heterocycles. The van der Waals surface area contributed by atoms with Crippen LogP contribution in [0.1, 0.15) is 65.8 Å². The molecule has 1 aliphatic rings. The van der Waals surface area contributed by atoms with Gasteiger partial charge in [0.25, 0.3) is 5.56 Å². The van der Waals surface area contributed by atoms with Gasteiger partial charge in [0.05, 0.1) is 11.6 Å². The second kappa shape index (κ2) is 11.5. The number of aryl methyl sites for hydroxylation is 1. The van der Waals surface area contributed by atoms with Crippen LogP contribution < -0.4 is 5.56 Å². The molecular formula is C32H33FN6O. The summed E-state index contributed by atoms with van der Waals surface area (Å²) in [5.74, 6) is 0.391. The van der Waals surface area contributed by atoms with Crippen molar-refractivity contribution < 1.29 is 4.39 Å². The van der Waals surface area contributed by atoms with E-state index in [9.17, 15) is 9.18 Å². The average Bonchev–Trinajstić information content (AvgIpc) is 3.67. The lowest BCUT2D eigenvalue weighted by molar-refractivity contribution is 0.201. The standard InChI is InChI=1S/C32H33FN6O/c1-22-8-7-11-25-20-28(32(40)34-29(22)25)30(31-35-36-37-39(31)27-12-5-6-13-27)38(19-18-23-9-3-2-4-10-23)21-24-14-16-26(33)17-15-24/h2-4,7-11,14-17,20,27,30H,5-6,12-13,18-19,21H2,1H3,(H,34,40). The maximum absolute atomic E-state index is 13.8. The molecule has 1 unspecified atom stereocenters. The van der Waals surface area contributed by atoms with Crippen molar-refractivity contribution in [1.29, 1.82) is 0 Å². The van der Waals surface area contributed by atoms with Crippen molar-refractivity contribution in [3.05, 3.63) is 123 Å². The quantitative estimate of drug-likeness (QED) is 0.253. The van der Waals surface area contributed by atoms with Gasteiger partial charge in [0, 0.05) is 18.7 Å². The highest BCUT2D eigenvalue weighted by Gasteiger charge is 2.33. The Bertz CT molecular complexity index is 1640. The molecule has 2 heterocycles. The molecule has 0 amide bonds. The predicted molar refractivity (Wildman–Crippen MR) is 153 cm³/mol. The number of nitrogens with one attached hydrogen (secondary N) is 1. The summed E-state index contributed by atoms with van der Waals surface area (Å²) in [6.45, 7) is 3.15. The van der Waals surface area contributed by atoms with E-state index in [1.807, 2.05) is 54.1 Å². The zero-order valence-electron chi connectivity index (χ0n) is 22.6. The molecule has 204 valence electrons. The summed E-state index contributed by atoms with van der Waals surface area (Å²) >= 11 is 0. The van der Waals surface area contributed by atoms with E-state index in [2.05, 4.69) is 37.5 Å². The predicted octanol–water partition coefficient (Wildman–Crippen LogP) is 5.91. The third-order valence-corrected chi connectivity index (χ3v) is 8.04. The minimum absolute atomic E-state index is 0.156. The number of fused-ring (bicyclic) bond motifs is 1. The number of rotatable bonds is 9. The molecule has 40 heavy (non-hydrogen) atoms. The van der Waals surface area contributed by atoms with E-state index >= 15 is 0 Å². The van der Waals surface area contributed by atoms with Crippen molar-refractivity contribution in [3.63, 3.8) is 0 Å². The summed E-state index contributed by atoms with van der Waals surface area (Å²) in [5, 5.41) is 14.1. The number of hydrogen-bond acceptors (Lipinski definition) is 5. The van der Waals surface area contributed by atoms with Crippen molar-refractivity contribution in [2.75, 3.05) is 6.54 Å². The van der Waals surface area contributed by atoms with Gasteiger partial charge in [-0.05, 0) is 76.9 Å². The number of hydrogen-bond donors (Lipinski definition) is 1. The van der Waals surface area contributed by atoms with Gasteiger partial charge in [0.15, 0.2) is 5.82 Å². The van der Waals surface area contributed by atoms with Crippen LogP contribution in [0.2, 0.25) is 0 Å². The molecule has 0 saturated heterocycles. The molecule has 1 saturated carbocycles. The second-order valence-electron chi connectivity index (χ2n) is 10.7. The van der Waals surface area contributed by atoms with Gasteiger partial charge in [-0.2, -0.15) is 0 Å². The first-order valence-corrected chi connectivity index (χ1v) is 14.0. The number of para-hydroxylation sites is 1. The molecule has 0 radical (unpaired) electrons. The summed E-state index contributed by atoms with van der Waals surface area (Å²) in [6, 6.07) is 24.6. The highest BCUT2D eigenvalue weighted by atomic mass is 19.1. The number of tetrazole rings is 1. The van der Waals surface area contributed by atoms with E-state index in [1.165, 1.54) is 17.7 Å². The third-order valence-electron chi connectivity index (χ3n) is 8.04. The molecule has 1 atom stereocenters. The van der Waals surface area contributed by atoms with Crippen LogP contribution in [0.15, 0.2) is 83.7 Å². The number of pyridine rings is 1. The zero-order valence-corrected chi connectivity index (χ0v) is 22.6. The minimum Gasteiger partial charge on any atom is -0.321 e. The van der Waals surface area contributed by atoms with E-state index in [-0.39, 0.29) is 17.4 Å². The largest absolute Gasteiger partial charge is 0.321 e. The lowest BCUT2D eigenvalue weighted by Gasteiger charge is -2.32. The number of aromatic amines is 1. The Morgan fingerprint density at radius 3 is 2.55 bits per heavy atom. The van der Waals surface area contributed by atoms with E-state index in [0.717, 1.165) is 54.1 Å². The van der Waals surface area contributed by atoms with Crippen LogP contribution in [0.4, 0.5) is 4.39 Å². The smallest absolute Gasteiger partial charge is 0.253 e. The van der Waals surface area contributed by atoms with Crippen molar-refractivity contribution in [3.8, 4) is 0 Å². The van der Waals surface area contributed by atoms with E-state index in [0.29, 0.717) is 24.5 Å². The Balaban J connectivity index is 1.50. The lowest BCUT2D eigenvalue weighted by atomic mass is 10.00. The molecule has 0 spiro atoms. The minimum atomic E-state index is -0.502. The average molecular weight is 537 g/mol. The number of halogens is 1. The molecule has 1 N–H and O–H groups in total. The molecule has 6 rings (SSSR count). The highest BCUT2D eigenvalue weighted by molar-refractivity contribution is 5.82. The Kier molecular flexibility index (Phi) is 7.51. The number of aromatic nitrogens is 5. The monoisotopic (exact) mass is 536 g/mol. The lowest BCUT2D eigenvalue weighted by Crippen LogP contribution is -2.36. The molecule has 3 aromatic carbocycles. The molecule has 1 aliphatic carbocycles. The SMILES string of the molecule is Cc1cccc2cc(C(c3nnnn3C3CCCC3)N(CCc3ccccc3)Cc3ccc(F)cc3)c(=O)[nH]c12. The Labute approximate surface area is 232 Å². The van der Waals surface area contributed by atoms with Crippen molar-refractivity contribution in [1.82, 2.24) is 30.1 Å². The normalized spacial score (nSPS) is 14.8. The first-order chi connectivity index (χ1) is 19.6. The van der Waals surface area contributed by atoms with Crippen LogP contribution in [0.25, 0.3) is 10.9 Å². The van der Waals surface area contributed by atoms with E-state index in [1.54, 1.807) is 12.1 Å². The van der Waals surface area contributed by atoms with Crippen LogP contribution in [0, 0.1) is 12.7 Å². The van der Waals surface area contributed by atoms with Crippen LogP contribution in [-0.4, -0.2) is 36.6 Å². The van der Waals surface area contributed by atoms with E-state index in [4.69, 9.17) is 0 Å². The van der Waals surface area contributed by atoms with Crippen molar-refractivity contribution in [2.24, 2.45) is 0 Å². The molecule has 0 bridgehead atoms. The van der Waals surface area contributed by atoms with Gasteiger partial charge < -0.3 is 4.98 Å². The number of nitrogens with zero attached hydrogens (tertiary/aromatic N) is 5. The molecule has 1 fully saturated rings. The summed E-state index contributed by atoms with van der Waals surface area (Å²) in [5.41, 5.74) is 4.44. The zero-order chi connectivity index (χ0) is 27.5. The van der Waals surface area contributed by atoms with E-state index < -0.39 is 6.04 Å². The van der Waals surface area contributed by atoms with Crippen LogP contribution in [-0.2, 0) is 13.0 Å². The molecule has 8 heteroatoms. The Hall–Kier alpha value is -4.17. The van der Waals surface area contributed by atoms with Gasteiger partial charge in [-0.25, -0.2) is 9.07 Å². The molecule has 7 nitrogen and oxygen atoms in total. The fourth-order valence-corrected chi connectivity index (χ4v) is 5.93. The van der Waals surface area contributed by atoms with Gasteiger partial charge in [0.1, 0.15) is 11.9 Å². The highest BCUT2D eigenvalue weighted by Crippen LogP contribution is 2.34. The number of H-pyrrole nitrogens is 1.